The van der Waals surface area contributed by atoms with Crippen molar-refractivity contribution in [1.82, 2.24) is 15.1 Å². The van der Waals surface area contributed by atoms with Crippen LogP contribution in [0.4, 0.5) is 0 Å². The zero-order chi connectivity index (χ0) is 19.7. The van der Waals surface area contributed by atoms with E-state index in [1.54, 1.807) is 38.6 Å². The number of hydrogen-bond acceptors (Lipinski definition) is 6. The van der Waals surface area contributed by atoms with E-state index in [9.17, 15) is 4.79 Å². The van der Waals surface area contributed by atoms with Crippen molar-refractivity contribution in [1.29, 1.82) is 0 Å². The second-order valence-corrected chi connectivity index (χ2v) is 6.35. The van der Waals surface area contributed by atoms with Crippen LogP contribution in [0, 0.1) is 0 Å². The van der Waals surface area contributed by atoms with Crippen molar-refractivity contribution >= 4 is 5.91 Å². The van der Waals surface area contributed by atoms with E-state index in [4.69, 9.17) is 18.6 Å². The van der Waals surface area contributed by atoms with Gasteiger partial charge in [-0.2, -0.15) is 5.10 Å². The van der Waals surface area contributed by atoms with E-state index in [0.717, 1.165) is 11.1 Å². The maximum atomic E-state index is 13.0. The molecule has 0 bridgehead atoms. The van der Waals surface area contributed by atoms with Crippen molar-refractivity contribution in [3.8, 4) is 23.0 Å². The van der Waals surface area contributed by atoms with E-state index in [1.807, 2.05) is 24.3 Å². The third-order valence-corrected chi connectivity index (χ3v) is 4.88. The van der Waals surface area contributed by atoms with Crippen molar-refractivity contribution in [2.24, 2.45) is 0 Å². The van der Waals surface area contributed by atoms with Crippen molar-refractivity contribution < 1.29 is 23.4 Å². The van der Waals surface area contributed by atoms with Crippen LogP contribution < -0.4 is 9.47 Å². The Kier molecular flexibility index (Phi) is 4.79. The standard InChI is InChI=1S/C20H21N3O5/c1-25-10-8-23-19(12-6-7-13(26-2)15(11-12)27-3)16-17(14-5-4-9-28-14)21-22-18(16)20(23)24/h4-7,9,11,19H,8,10H2,1-3H3,(H,21,22)/t19-/m0/s1. The Bertz CT molecular complexity index is 980. The first kappa shape index (κ1) is 18.1. The first-order chi connectivity index (χ1) is 13.7. The number of carbonyl (C=O) groups excluding carboxylic acids is 1. The molecule has 1 amide bonds. The van der Waals surface area contributed by atoms with Gasteiger partial charge in [-0.05, 0) is 29.8 Å². The molecule has 146 valence electrons. The molecule has 4 rings (SSSR count). The Labute approximate surface area is 162 Å². The summed E-state index contributed by atoms with van der Waals surface area (Å²) in [5.74, 6) is 1.69. The minimum Gasteiger partial charge on any atom is -0.493 e. The minimum absolute atomic E-state index is 0.152. The molecule has 1 aliphatic rings. The lowest BCUT2D eigenvalue weighted by atomic mass is 9.97. The largest absolute Gasteiger partial charge is 0.493 e. The molecule has 1 atom stereocenters. The summed E-state index contributed by atoms with van der Waals surface area (Å²) in [4.78, 5) is 14.8. The first-order valence-electron chi connectivity index (χ1n) is 8.83. The molecule has 1 aromatic carbocycles. The maximum absolute atomic E-state index is 13.0. The highest BCUT2D eigenvalue weighted by Gasteiger charge is 2.43. The van der Waals surface area contributed by atoms with Crippen LogP contribution in [-0.2, 0) is 4.74 Å². The van der Waals surface area contributed by atoms with Crippen LogP contribution in [0.2, 0.25) is 0 Å². The van der Waals surface area contributed by atoms with Gasteiger partial charge in [0.2, 0.25) is 0 Å². The maximum Gasteiger partial charge on any atom is 0.275 e. The van der Waals surface area contributed by atoms with Gasteiger partial charge in [0.25, 0.3) is 5.91 Å². The number of aromatic amines is 1. The van der Waals surface area contributed by atoms with Crippen molar-refractivity contribution in [3.63, 3.8) is 0 Å². The number of nitrogens with one attached hydrogen (secondary N) is 1. The molecule has 8 heteroatoms. The molecule has 1 N–H and O–H groups in total. The van der Waals surface area contributed by atoms with Gasteiger partial charge < -0.3 is 23.5 Å². The average molecular weight is 383 g/mol. The van der Waals surface area contributed by atoms with Crippen LogP contribution >= 0.6 is 0 Å². The number of furan rings is 1. The van der Waals surface area contributed by atoms with Gasteiger partial charge in [-0.25, -0.2) is 0 Å². The zero-order valence-corrected chi connectivity index (χ0v) is 15.9. The molecule has 0 aliphatic carbocycles. The van der Waals surface area contributed by atoms with Crippen LogP contribution in [0.5, 0.6) is 11.5 Å². The number of ether oxygens (including phenoxy) is 3. The van der Waals surface area contributed by atoms with E-state index in [-0.39, 0.29) is 11.9 Å². The normalized spacial score (nSPS) is 15.8. The van der Waals surface area contributed by atoms with E-state index >= 15 is 0 Å². The topological polar surface area (TPSA) is 89.8 Å². The number of methoxy groups -OCH3 is 3. The predicted molar refractivity (Wildman–Crippen MR) is 101 cm³/mol. The van der Waals surface area contributed by atoms with Gasteiger partial charge in [-0.1, -0.05) is 6.07 Å². The molecule has 0 radical (unpaired) electrons. The molecule has 0 fully saturated rings. The van der Waals surface area contributed by atoms with E-state index < -0.39 is 0 Å². The van der Waals surface area contributed by atoms with Gasteiger partial charge >= 0.3 is 0 Å². The second kappa shape index (κ2) is 7.40. The number of benzene rings is 1. The number of amides is 1. The van der Waals surface area contributed by atoms with E-state index in [2.05, 4.69) is 10.2 Å². The van der Waals surface area contributed by atoms with Gasteiger partial charge in [-0.15, -0.1) is 0 Å². The lowest BCUT2D eigenvalue weighted by Gasteiger charge is -2.26. The van der Waals surface area contributed by atoms with Crippen LogP contribution in [0.3, 0.4) is 0 Å². The Balaban J connectivity index is 1.86. The van der Waals surface area contributed by atoms with Crippen LogP contribution in [0.15, 0.2) is 41.0 Å². The molecule has 28 heavy (non-hydrogen) atoms. The van der Waals surface area contributed by atoms with Gasteiger partial charge in [0.05, 0.1) is 33.1 Å². The van der Waals surface area contributed by atoms with Crippen molar-refractivity contribution in [3.05, 3.63) is 53.4 Å². The van der Waals surface area contributed by atoms with E-state index in [1.165, 1.54) is 0 Å². The molecular formula is C20H21N3O5. The molecular weight excluding hydrogens is 362 g/mol. The summed E-state index contributed by atoms with van der Waals surface area (Å²) in [7, 11) is 4.78. The molecule has 2 aromatic heterocycles. The fraction of sp³-hybridized carbons (Fsp3) is 0.300. The SMILES string of the molecule is COCCN1C(=O)c2n[nH]c(-c3ccco3)c2[C@@H]1c1ccc(OC)c(OC)c1. The summed E-state index contributed by atoms with van der Waals surface area (Å²) >= 11 is 0. The van der Waals surface area contributed by atoms with Crippen LogP contribution in [0.1, 0.15) is 27.7 Å². The summed E-state index contributed by atoms with van der Waals surface area (Å²) in [6.07, 6.45) is 1.59. The predicted octanol–water partition coefficient (Wildman–Crippen LogP) is 2.88. The highest BCUT2D eigenvalue weighted by atomic mass is 16.5. The Hall–Kier alpha value is -3.26. The number of nitrogens with zero attached hydrogens (tertiary/aromatic N) is 2. The summed E-state index contributed by atoms with van der Waals surface area (Å²) in [6.45, 7) is 0.849. The average Bonchev–Trinajstić information content (AvgIpc) is 3.44. The number of aromatic nitrogens is 2. The minimum atomic E-state index is -0.351. The third kappa shape index (κ3) is 2.82. The number of fused-ring (bicyclic) bond motifs is 1. The fourth-order valence-corrected chi connectivity index (χ4v) is 3.59. The van der Waals surface area contributed by atoms with Gasteiger partial charge in [0, 0.05) is 19.2 Å². The molecule has 0 unspecified atom stereocenters. The second-order valence-electron chi connectivity index (χ2n) is 6.35. The Morgan fingerprint density at radius 1 is 1.18 bits per heavy atom. The number of carbonyl (C=O) groups is 1. The summed E-state index contributed by atoms with van der Waals surface area (Å²) in [5, 5.41) is 7.23. The van der Waals surface area contributed by atoms with Gasteiger partial charge in [0.15, 0.2) is 23.0 Å². The lowest BCUT2D eigenvalue weighted by Crippen LogP contribution is -2.32. The van der Waals surface area contributed by atoms with Gasteiger partial charge in [-0.3, -0.25) is 9.89 Å². The monoisotopic (exact) mass is 383 g/mol. The number of hydrogen-bond donors (Lipinski definition) is 1. The molecule has 0 saturated heterocycles. The summed E-state index contributed by atoms with van der Waals surface area (Å²) < 4.78 is 21.6. The first-order valence-corrected chi connectivity index (χ1v) is 8.83. The highest BCUT2D eigenvalue weighted by molar-refractivity contribution is 6.00. The third-order valence-electron chi connectivity index (χ3n) is 4.88. The number of rotatable bonds is 7. The number of H-pyrrole nitrogens is 1. The summed E-state index contributed by atoms with van der Waals surface area (Å²) in [5.41, 5.74) is 2.74. The fourth-order valence-electron chi connectivity index (χ4n) is 3.59. The molecule has 0 spiro atoms. The van der Waals surface area contributed by atoms with Crippen LogP contribution in [-0.4, -0.2) is 55.5 Å². The smallest absolute Gasteiger partial charge is 0.275 e. The lowest BCUT2D eigenvalue weighted by molar-refractivity contribution is 0.0677. The zero-order valence-electron chi connectivity index (χ0n) is 15.9. The Morgan fingerprint density at radius 2 is 2.00 bits per heavy atom. The van der Waals surface area contributed by atoms with E-state index in [0.29, 0.717) is 41.8 Å². The Morgan fingerprint density at radius 3 is 2.68 bits per heavy atom. The molecule has 3 aromatic rings. The summed E-state index contributed by atoms with van der Waals surface area (Å²) in [6, 6.07) is 8.92. The molecule has 1 aliphatic heterocycles. The molecule has 0 saturated carbocycles. The highest BCUT2D eigenvalue weighted by Crippen LogP contribution is 2.44. The quantitative estimate of drug-likeness (QED) is 0.675. The van der Waals surface area contributed by atoms with Gasteiger partial charge in [0.1, 0.15) is 5.69 Å². The van der Waals surface area contributed by atoms with Crippen molar-refractivity contribution in [2.75, 3.05) is 34.5 Å². The van der Waals surface area contributed by atoms with Crippen LogP contribution in [0.25, 0.3) is 11.5 Å². The molecule has 3 heterocycles. The molecule has 8 nitrogen and oxygen atoms in total. The van der Waals surface area contributed by atoms with Crippen molar-refractivity contribution in [2.45, 2.75) is 6.04 Å².